The normalized spacial score (nSPS) is 22.2. The van der Waals surface area contributed by atoms with E-state index in [1.807, 2.05) is 0 Å². The van der Waals surface area contributed by atoms with Crippen molar-refractivity contribution in [3.05, 3.63) is 11.6 Å². The molecule has 0 radical (unpaired) electrons. The zero-order valence-corrected chi connectivity index (χ0v) is 9.32. The smallest absolute Gasteiger partial charge is 0.211 e. The summed E-state index contributed by atoms with van der Waals surface area (Å²) >= 11 is 0. The van der Waals surface area contributed by atoms with Gasteiger partial charge in [-0.1, -0.05) is 12.5 Å². The molecule has 1 aliphatic carbocycles. The number of aliphatic imine (C=N–C) groups is 2. The summed E-state index contributed by atoms with van der Waals surface area (Å²) in [5, 5.41) is 0. The molecule has 0 aliphatic heterocycles. The number of isocyanates is 2. The lowest BCUT2D eigenvalue weighted by molar-refractivity contribution is 0.520. The summed E-state index contributed by atoms with van der Waals surface area (Å²) in [6, 6.07) is 0.0424. The van der Waals surface area contributed by atoms with Crippen molar-refractivity contribution in [3.8, 4) is 0 Å². The third kappa shape index (κ3) is 4.35. The molecule has 0 spiro atoms. The average Bonchev–Trinajstić information content (AvgIpc) is 2.31. The van der Waals surface area contributed by atoms with Crippen LogP contribution in [0.2, 0.25) is 0 Å². The molecular formula is C12H16N2O2. The van der Waals surface area contributed by atoms with Crippen molar-refractivity contribution in [1.82, 2.24) is 0 Å². The predicted octanol–water partition coefficient (Wildman–Crippen LogP) is 2.31. The number of rotatable bonds is 5. The van der Waals surface area contributed by atoms with Gasteiger partial charge in [0, 0.05) is 0 Å². The first-order valence-electron chi connectivity index (χ1n) is 5.68. The van der Waals surface area contributed by atoms with Gasteiger partial charge in [-0.25, -0.2) is 14.6 Å². The monoisotopic (exact) mass is 220 g/mol. The van der Waals surface area contributed by atoms with E-state index in [-0.39, 0.29) is 6.04 Å². The van der Waals surface area contributed by atoms with Crippen LogP contribution in [-0.2, 0) is 9.59 Å². The summed E-state index contributed by atoms with van der Waals surface area (Å²) in [5.41, 5.74) is 1.24. The van der Waals surface area contributed by atoms with Crippen LogP contribution in [0.5, 0.6) is 0 Å². The van der Waals surface area contributed by atoms with E-state index in [0.29, 0.717) is 6.54 Å². The maximum absolute atomic E-state index is 10.3. The van der Waals surface area contributed by atoms with Crippen LogP contribution < -0.4 is 0 Å². The van der Waals surface area contributed by atoms with Crippen molar-refractivity contribution in [2.24, 2.45) is 9.98 Å². The molecule has 1 aliphatic rings. The second-order valence-electron chi connectivity index (χ2n) is 3.88. The second-order valence-corrected chi connectivity index (χ2v) is 3.88. The van der Waals surface area contributed by atoms with E-state index in [9.17, 15) is 9.59 Å². The van der Waals surface area contributed by atoms with Gasteiger partial charge in [-0.15, -0.1) is 0 Å². The fraction of sp³-hybridized carbons (Fsp3) is 0.667. The minimum absolute atomic E-state index is 0.0424. The maximum Gasteiger partial charge on any atom is 0.235 e. The van der Waals surface area contributed by atoms with Gasteiger partial charge in [0.15, 0.2) is 0 Å². The van der Waals surface area contributed by atoms with Gasteiger partial charge in [0.25, 0.3) is 0 Å². The fourth-order valence-corrected chi connectivity index (χ4v) is 1.97. The number of carbonyl (C=O) groups excluding carboxylic acids is 2. The maximum atomic E-state index is 10.3. The van der Waals surface area contributed by atoms with E-state index < -0.39 is 0 Å². The van der Waals surface area contributed by atoms with Crippen molar-refractivity contribution in [1.29, 1.82) is 0 Å². The third-order valence-corrected chi connectivity index (χ3v) is 2.77. The van der Waals surface area contributed by atoms with E-state index >= 15 is 0 Å². The summed E-state index contributed by atoms with van der Waals surface area (Å²) in [4.78, 5) is 27.4. The van der Waals surface area contributed by atoms with Crippen molar-refractivity contribution >= 4 is 12.2 Å². The van der Waals surface area contributed by atoms with Crippen LogP contribution in [0.3, 0.4) is 0 Å². The van der Waals surface area contributed by atoms with E-state index in [4.69, 9.17) is 0 Å². The average molecular weight is 220 g/mol. The number of unbranched alkanes of at least 4 members (excludes halogenated alkanes) is 1. The molecule has 4 nitrogen and oxygen atoms in total. The molecule has 0 saturated heterocycles. The predicted molar refractivity (Wildman–Crippen MR) is 60.7 cm³/mol. The van der Waals surface area contributed by atoms with Crippen molar-refractivity contribution in [2.45, 2.75) is 44.6 Å². The van der Waals surface area contributed by atoms with Gasteiger partial charge in [-0.3, -0.25) is 0 Å². The van der Waals surface area contributed by atoms with E-state index in [1.165, 1.54) is 18.1 Å². The first kappa shape index (κ1) is 12.6. The van der Waals surface area contributed by atoms with Crippen molar-refractivity contribution in [2.75, 3.05) is 6.54 Å². The standard InChI is InChI=1S/C12H16N2O2/c15-9-13-8-4-3-6-11-5-1-2-7-12(11)14-10-16/h6,12H,1-5,7-8H2. The minimum atomic E-state index is 0.0424. The van der Waals surface area contributed by atoms with E-state index in [2.05, 4.69) is 16.1 Å². The van der Waals surface area contributed by atoms with Gasteiger partial charge in [0.2, 0.25) is 12.2 Å². The SMILES string of the molecule is O=C=NCCCC=C1CCCCC1N=C=O. The Hall–Kier alpha value is -1.50. The molecule has 86 valence electrons. The Balaban J connectivity index is 2.43. The molecule has 4 heteroatoms. The lowest BCUT2D eigenvalue weighted by Gasteiger charge is -2.20. The highest BCUT2D eigenvalue weighted by Crippen LogP contribution is 2.26. The highest BCUT2D eigenvalue weighted by molar-refractivity contribution is 5.35. The summed E-state index contributed by atoms with van der Waals surface area (Å²) in [6.07, 6.45) is 11.3. The molecule has 0 amide bonds. The molecule has 0 aromatic rings. The number of nitrogens with zero attached hydrogens (tertiary/aromatic N) is 2. The third-order valence-electron chi connectivity index (χ3n) is 2.77. The number of hydrogen-bond donors (Lipinski definition) is 0. The van der Waals surface area contributed by atoms with Crippen LogP contribution in [0.15, 0.2) is 21.6 Å². The Morgan fingerprint density at radius 1 is 1.31 bits per heavy atom. The molecule has 1 saturated carbocycles. The Bertz CT molecular complexity index is 337. The molecular weight excluding hydrogens is 204 g/mol. The lowest BCUT2D eigenvalue weighted by atomic mass is 9.89. The lowest BCUT2D eigenvalue weighted by Crippen LogP contribution is -2.13. The largest absolute Gasteiger partial charge is 0.235 e. The molecule has 1 unspecified atom stereocenters. The first-order valence-corrected chi connectivity index (χ1v) is 5.68. The highest BCUT2D eigenvalue weighted by Gasteiger charge is 2.17. The summed E-state index contributed by atoms with van der Waals surface area (Å²) in [6.45, 7) is 0.523. The second kappa shape index (κ2) is 7.75. The first-order chi connectivity index (χ1) is 7.88. The van der Waals surface area contributed by atoms with Crippen LogP contribution in [0.4, 0.5) is 0 Å². The van der Waals surface area contributed by atoms with Crippen molar-refractivity contribution < 1.29 is 9.59 Å². The van der Waals surface area contributed by atoms with Gasteiger partial charge in [-0.05, 0) is 37.7 Å². The topological polar surface area (TPSA) is 58.9 Å². The molecule has 0 N–H and O–H groups in total. The van der Waals surface area contributed by atoms with Crippen LogP contribution in [0, 0.1) is 0 Å². The zero-order valence-electron chi connectivity index (χ0n) is 9.32. The van der Waals surface area contributed by atoms with Gasteiger partial charge >= 0.3 is 0 Å². The van der Waals surface area contributed by atoms with Gasteiger partial charge in [0.1, 0.15) is 0 Å². The van der Waals surface area contributed by atoms with Crippen molar-refractivity contribution in [3.63, 3.8) is 0 Å². The molecule has 1 rings (SSSR count). The minimum Gasteiger partial charge on any atom is -0.211 e. The van der Waals surface area contributed by atoms with E-state index in [0.717, 1.165) is 32.1 Å². The highest BCUT2D eigenvalue weighted by atomic mass is 16.1. The van der Waals surface area contributed by atoms with Crippen LogP contribution in [0.1, 0.15) is 38.5 Å². The Morgan fingerprint density at radius 2 is 2.19 bits per heavy atom. The molecule has 16 heavy (non-hydrogen) atoms. The number of hydrogen-bond acceptors (Lipinski definition) is 4. The summed E-state index contributed by atoms with van der Waals surface area (Å²) < 4.78 is 0. The molecule has 1 atom stereocenters. The number of allylic oxidation sites excluding steroid dienone is 1. The molecule has 0 aromatic carbocycles. The molecule has 0 aromatic heterocycles. The summed E-state index contributed by atoms with van der Waals surface area (Å²) in [5.74, 6) is 0. The van der Waals surface area contributed by atoms with Crippen LogP contribution >= 0.6 is 0 Å². The Morgan fingerprint density at radius 3 is 2.94 bits per heavy atom. The molecule has 0 bridgehead atoms. The van der Waals surface area contributed by atoms with E-state index in [1.54, 1.807) is 6.08 Å². The van der Waals surface area contributed by atoms with Gasteiger partial charge in [-0.2, -0.15) is 4.99 Å². The molecule has 1 fully saturated rings. The Kier molecular flexibility index (Phi) is 6.09. The Labute approximate surface area is 95.2 Å². The fourth-order valence-electron chi connectivity index (χ4n) is 1.97. The van der Waals surface area contributed by atoms with Crippen LogP contribution in [-0.4, -0.2) is 24.7 Å². The van der Waals surface area contributed by atoms with Gasteiger partial charge < -0.3 is 0 Å². The molecule has 0 heterocycles. The quantitative estimate of drug-likeness (QED) is 0.309. The van der Waals surface area contributed by atoms with Gasteiger partial charge in [0.05, 0.1) is 12.6 Å². The van der Waals surface area contributed by atoms with Crippen LogP contribution in [0.25, 0.3) is 0 Å². The summed E-state index contributed by atoms with van der Waals surface area (Å²) in [7, 11) is 0. The zero-order chi connectivity index (χ0) is 11.6.